The molecule has 9 nitrogen and oxygen atoms in total. The molecule has 0 aliphatic heterocycles. The molecule has 0 saturated heterocycles. The van der Waals surface area contributed by atoms with Gasteiger partial charge in [-0.2, -0.15) is 0 Å². The highest BCUT2D eigenvalue weighted by atomic mass is 16.5. The number of benzene rings is 2. The van der Waals surface area contributed by atoms with Crippen LogP contribution in [0.15, 0.2) is 48.5 Å². The van der Waals surface area contributed by atoms with Gasteiger partial charge in [-0.05, 0) is 35.1 Å². The van der Waals surface area contributed by atoms with Gasteiger partial charge in [-0.15, -0.1) is 0 Å². The number of fused-ring (bicyclic) bond motifs is 3. The van der Waals surface area contributed by atoms with Crippen LogP contribution in [0.1, 0.15) is 43.2 Å². The van der Waals surface area contributed by atoms with Crippen LogP contribution in [0.5, 0.6) is 0 Å². The Morgan fingerprint density at radius 1 is 0.941 bits per heavy atom. The first kappa shape index (κ1) is 24.8. The summed E-state index contributed by atoms with van der Waals surface area (Å²) < 4.78 is 9.96. The Morgan fingerprint density at radius 3 is 2.06 bits per heavy atom. The lowest BCUT2D eigenvalue weighted by atomic mass is 9.98. The molecule has 1 aliphatic carbocycles. The Morgan fingerprint density at radius 2 is 1.53 bits per heavy atom. The summed E-state index contributed by atoms with van der Waals surface area (Å²) in [4.78, 5) is 47.8. The third-order valence-electron chi connectivity index (χ3n) is 5.84. The van der Waals surface area contributed by atoms with Crippen LogP contribution in [0.3, 0.4) is 0 Å². The summed E-state index contributed by atoms with van der Waals surface area (Å²) in [6, 6.07) is 13.6. The van der Waals surface area contributed by atoms with Gasteiger partial charge in [0.2, 0.25) is 5.91 Å². The van der Waals surface area contributed by atoms with E-state index in [1.165, 1.54) is 7.11 Å². The van der Waals surface area contributed by atoms with Crippen molar-refractivity contribution in [2.24, 2.45) is 0 Å². The first-order valence-corrected chi connectivity index (χ1v) is 11.1. The maximum atomic E-state index is 12.6. The van der Waals surface area contributed by atoms with Crippen molar-refractivity contribution in [2.45, 2.75) is 44.2 Å². The second-order valence-corrected chi connectivity index (χ2v) is 7.94. The molecule has 3 rings (SSSR count). The summed E-state index contributed by atoms with van der Waals surface area (Å²) in [5.41, 5.74) is 4.33. The number of carbonyl (C=O) groups is 4. The van der Waals surface area contributed by atoms with E-state index >= 15 is 0 Å². The molecular weight excluding hydrogens is 440 g/mol. The number of alkyl carbamates (subject to hydrolysis) is 1. The van der Waals surface area contributed by atoms with Crippen LogP contribution in [-0.2, 0) is 23.9 Å². The number of aliphatic carboxylic acids is 1. The average molecular weight is 469 g/mol. The summed E-state index contributed by atoms with van der Waals surface area (Å²) in [5, 5.41) is 14.2. The molecule has 0 fully saturated rings. The van der Waals surface area contributed by atoms with Gasteiger partial charge in [-0.1, -0.05) is 55.5 Å². The number of carbonyl (C=O) groups excluding carboxylic acids is 3. The summed E-state index contributed by atoms with van der Waals surface area (Å²) in [5.74, 6) is -2.66. The van der Waals surface area contributed by atoms with Gasteiger partial charge >= 0.3 is 18.0 Å². The predicted octanol–water partition coefficient (Wildman–Crippen LogP) is 2.83. The summed E-state index contributed by atoms with van der Waals surface area (Å²) in [6.45, 7) is 1.77. The summed E-state index contributed by atoms with van der Waals surface area (Å²) in [7, 11) is 1.20. The van der Waals surface area contributed by atoms with Crippen molar-refractivity contribution in [3.63, 3.8) is 0 Å². The average Bonchev–Trinajstić information content (AvgIpc) is 3.16. The predicted molar refractivity (Wildman–Crippen MR) is 123 cm³/mol. The van der Waals surface area contributed by atoms with E-state index < -0.39 is 36.0 Å². The van der Waals surface area contributed by atoms with E-state index in [-0.39, 0.29) is 31.8 Å². The lowest BCUT2D eigenvalue weighted by Crippen LogP contribution is -2.51. The minimum atomic E-state index is -1.29. The number of methoxy groups -OCH3 is 1. The molecule has 34 heavy (non-hydrogen) atoms. The highest BCUT2D eigenvalue weighted by molar-refractivity contribution is 5.89. The van der Waals surface area contributed by atoms with Gasteiger partial charge in [0.1, 0.15) is 18.7 Å². The molecule has 2 amide bonds. The van der Waals surface area contributed by atoms with Crippen LogP contribution in [0.25, 0.3) is 11.1 Å². The van der Waals surface area contributed by atoms with E-state index in [1.54, 1.807) is 6.92 Å². The van der Waals surface area contributed by atoms with Gasteiger partial charge in [-0.25, -0.2) is 9.59 Å². The molecule has 2 aromatic rings. The summed E-state index contributed by atoms with van der Waals surface area (Å²) in [6.07, 6.45) is -0.843. The highest BCUT2D eigenvalue weighted by Gasteiger charge is 2.30. The van der Waals surface area contributed by atoms with E-state index in [9.17, 15) is 24.3 Å². The van der Waals surface area contributed by atoms with Crippen molar-refractivity contribution in [1.82, 2.24) is 10.6 Å². The number of ether oxygens (including phenoxy) is 2. The number of amides is 2. The molecule has 180 valence electrons. The number of esters is 1. The van der Waals surface area contributed by atoms with Crippen LogP contribution in [0, 0.1) is 0 Å². The quantitative estimate of drug-likeness (QED) is 0.457. The van der Waals surface area contributed by atoms with Gasteiger partial charge in [-0.3, -0.25) is 9.59 Å². The highest BCUT2D eigenvalue weighted by Crippen LogP contribution is 2.44. The lowest BCUT2D eigenvalue weighted by Gasteiger charge is -2.21. The minimum absolute atomic E-state index is 0.0921. The summed E-state index contributed by atoms with van der Waals surface area (Å²) >= 11 is 0. The van der Waals surface area contributed by atoms with Crippen molar-refractivity contribution in [3.05, 3.63) is 59.7 Å². The maximum Gasteiger partial charge on any atom is 0.407 e. The van der Waals surface area contributed by atoms with Crippen LogP contribution in [-0.4, -0.2) is 54.8 Å². The molecule has 1 aliphatic rings. The zero-order valence-corrected chi connectivity index (χ0v) is 19.1. The molecule has 0 radical (unpaired) electrons. The topological polar surface area (TPSA) is 131 Å². The monoisotopic (exact) mass is 468 g/mol. The number of carboxylic acids is 1. The van der Waals surface area contributed by atoms with Crippen molar-refractivity contribution in [1.29, 1.82) is 0 Å². The molecule has 2 atom stereocenters. The third kappa shape index (κ3) is 5.72. The van der Waals surface area contributed by atoms with Crippen LogP contribution in [0.2, 0.25) is 0 Å². The lowest BCUT2D eigenvalue weighted by molar-refractivity contribution is -0.144. The second kappa shape index (κ2) is 11.3. The molecule has 2 aromatic carbocycles. The zero-order valence-electron chi connectivity index (χ0n) is 19.1. The van der Waals surface area contributed by atoms with E-state index in [0.717, 1.165) is 22.3 Å². The zero-order chi connectivity index (χ0) is 24.7. The molecule has 9 heteroatoms. The largest absolute Gasteiger partial charge is 0.480 e. The Hall–Kier alpha value is -3.88. The van der Waals surface area contributed by atoms with Crippen LogP contribution < -0.4 is 10.6 Å². The number of hydrogen-bond acceptors (Lipinski definition) is 6. The first-order valence-electron chi connectivity index (χ1n) is 11.1. The molecule has 0 aromatic heterocycles. The van der Waals surface area contributed by atoms with Gasteiger partial charge < -0.3 is 25.2 Å². The smallest absolute Gasteiger partial charge is 0.407 e. The molecule has 3 N–H and O–H groups in total. The fourth-order valence-electron chi connectivity index (χ4n) is 4.03. The Balaban J connectivity index is 1.58. The van der Waals surface area contributed by atoms with E-state index in [1.807, 2.05) is 48.5 Å². The van der Waals surface area contributed by atoms with Crippen molar-refractivity contribution in [3.8, 4) is 11.1 Å². The Bertz CT molecular complexity index is 1020. The molecule has 0 spiro atoms. The third-order valence-corrected chi connectivity index (χ3v) is 5.84. The molecule has 1 unspecified atom stereocenters. The van der Waals surface area contributed by atoms with Crippen LogP contribution in [0.4, 0.5) is 4.79 Å². The number of nitrogens with one attached hydrogen (secondary N) is 2. The second-order valence-electron chi connectivity index (χ2n) is 7.94. The van der Waals surface area contributed by atoms with Gasteiger partial charge in [0.15, 0.2) is 0 Å². The molecule has 0 heterocycles. The molecule has 0 bridgehead atoms. The first-order chi connectivity index (χ1) is 16.3. The fourth-order valence-corrected chi connectivity index (χ4v) is 4.03. The van der Waals surface area contributed by atoms with Crippen molar-refractivity contribution in [2.75, 3.05) is 13.7 Å². The Labute approximate surface area is 197 Å². The minimum Gasteiger partial charge on any atom is -0.480 e. The van der Waals surface area contributed by atoms with Crippen molar-refractivity contribution >= 4 is 23.9 Å². The van der Waals surface area contributed by atoms with Gasteiger partial charge in [0, 0.05) is 12.3 Å². The van der Waals surface area contributed by atoms with E-state index in [4.69, 9.17) is 4.74 Å². The van der Waals surface area contributed by atoms with E-state index in [2.05, 4.69) is 15.4 Å². The SMILES string of the molecule is CCC(NC(=O)OCC1c2ccccc2-c2ccccc21)C(=O)N[C@H](CCC(=O)OC)C(=O)O. The van der Waals surface area contributed by atoms with E-state index in [0.29, 0.717) is 0 Å². The van der Waals surface area contributed by atoms with Gasteiger partial charge in [0.25, 0.3) is 0 Å². The van der Waals surface area contributed by atoms with Crippen molar-refractivity contribution < 1.29 is 33.8 Å². The normalized spacial score (nSPS) is 13.7. The maximum absolute atomic E-state index is 12.6. The number of hydrogen-bond donors (Lipinski definition) is 3. The number of carboxylic acid groups (broad SMARTS) is 1. The number of rotatable bonds is 10. The van der Waals surface area contributed by atoms with Gasteiger partial charge in [0.05, 0.1) is 7.11 Å². The standard InChI is InChI=1S/C25H28N2O7/c1-3-20(23(29)26-21(24(30)31)12-13-22(28)33-2)27-25(32)34-14-19-17-10-6-4-8-15(17)16-9-5-7-11-18(16)19/h4-11,19-21H,3,12-14H2,1-2H3,(H,26,29)(H,27,32)(H,30,31)/t20?,21-/m1/s1. The fraction of sp³-hybridized carbons (Fsp3) is 0.360. The Kier molecular flexibility index (Phi) is 8.24. The molecular formula is C25H28N2O7. The molecule has 0 saturated carbocycles. The van der Waals surface area contributed by atoms with Crippen LogP contribution >= 0.6 is 0 Å².